The Morgan fingerprint density at radius 1 is 0.780 bits per heavy atom. The number of halogens is 1. The lowest BCUT2D eigenvalue weighted by atomic mass is 9.79. The SMILES string of the molecule is CN[C@@H](CCCCNC(=O)CCCCCCCCCCCCCCCNC(=O)c1ccc(B(O)O)c(F)c1)C(=O)O. The van der Waals surface area contributed by atoms with Crippen molar-refractivity contribution in [3.05, 3.63) is 29.6 Å². The Morgan fingerprint density at radius 3 is 1.80 bits per heavy atom. The van der Waals surface area contributed by atoms with Crippen molar-refractivity contribution >= 4 is 30.4 Å². The second-order valence-electron chi connectivity index (χ2n) is 10.7. The van der Waals surface area contributed by atoms with Crippen LogP contribution in [0.1, 0.15) is 120 Å². The summed E-state index contributed by atoms with van der Waals surface area (Å²) in [5, 5.41) is 35.5. The Balaban J connectivity index is 1.85. The molecule has 0 fully saturated rings. The summed E-state index contributed by atoms with van der Waals surface area (Å²) in [5.41, 5.74) is -0.0855. The van der Waals surface area contributed by atoms with Crippen LogP contribution in [0, 0.1) is 5.82 Å². The van der Waals surface area contributed by atoms with Gasteiger partial charge in [-0.05, 0) is 51.3 Å². The maximum atomic E-state index is 13.8. The van der Waals surface area contributed by atoms with Gasteiger partial charge in [0.25, 0.3) is 5.91 Å². The first-order chi connectivity index (χ1) is 19.8. The normalized spacial score (nSPS) is 11.7. The molecule has 0 unspecified atom stereocenters. The molecule has 9 nitrogen and oxygen atoms in total. The summed E-state index contributed by atoms with van der Waals surface area (Å²) in [6, 6.07) is 3.09. The van der Waals surface area contributed by atoms with Crippen LogP contribution in [-0.2, 0) is 9.59 Å². The van der Waals surface area contributed by atoms with Gasteiger partial charge < -0.3 is 31.1 Å². The lowest BCUT2D eigenvalue weighted by Crippen LogP contribution is -2.33. The number of carboxylic acids is 1. The predicted molar refractivity (Wildman–Crippen MR) is 161 cm³/mol. The third kappa shape index (κ3) is 17.8. The minimum Gasteiger partial charge on any atom is -0.480 e. The van der Waals surface area contributed by atoms with Gasteiger partial charge in [-0.3, -0.25) is 14.4 Å². The van der Waals surface area contributed by atoms with Crippen LogP contribution in [0.25, 0.3) is 0 Å². The fourth-order valence-corrected chi connectivity index (χ4v) is 4.72. The molecule has 0 aliphatic rings. The van der Waals surface area contributed by atoms with E-state index in [1.54, 1.807) is 7.05 Å². The highest BCUT2D eigenvalue weighted by Crippen LogP contribution is 2.13. The second kappa shape index (κ2) is 23.1. The fraction of sp³-hybridized carbons (Fsp3) is 0.700. The first-order valence-corrected chi connectivity index (χ1v) is 15.4. The Hall–Kier alpha value is -2.50. The summed E-state index contributed by atoms with van der Waals surface area (Å²) in [6.07, 6.45) is 17.5. The van der Waals surface area contributed by atoms with Crippen molar-refractivity contribution in [3.63, 3.8) is 0 Å². The third-order valence-corrected chi connectivity index (χ3v) is 7.30. The molecule has 0 aromatic heterocycles. The molecular formula is C30H51BFN3O6. The van der Waals surface area contributed by atoms with Gasteiger partial charge >= 0.3 is 13.1 Å². The number of unbranched alkanes of at least 4 members (excludes halogenated alkanes) is 13. The molecule has 11 heteroatoms. The zero-order chi connectivity index (χ0) is 30.3. The van der Waals surface area contributed by atoms with Crippen LogP contribution in [0.3, 0.4) is 0 Å². The van der Waals surface area contributed by atoms with Crippen LogP contribution in [0.4, 0.5) is 4.39 Å². The Labute approximate surface area is 245 Å². The molecular weight excluding hydrogens is 528 g/mol. The smallest absolute Gasteiger partial charge is 0.480 e. The van der Waals surface area contributed by atoms with Gasteiger partial charge in [-0.25, -0.2) is 4.39 Å². The van der Waals surface area contributed by atoms with Gasteiger partial charge in [-0.2, -0.15) is 0 Å². The lowest BCUT2D eigenvalue weighted by Gasteiger charge is -2.10. The van der Waals surface area contributed by atoms with E-state index in [0.29, 0.717) is 25.9 Å². The topological polar surface area (TPSA) is 148 Å². The molecule has 1 aromatic carbocycles. The monoisotopic (exact) mass is 579 g/mol. The van der Waals surface area contributed by atoms with E-state index in [0.717, 1.165) is 57.4 Å². The first-order valence-electron chi connectivity index (χ1n) is 15.4. The molecule has 41 heavy (non-hydrogen) atoms. The summed E-state index contributed by atoms with van der Waals surface area (Å²) in [7, 11) is -0.254. The summed E-state index contributed by atoms with van der Waals surface area (Å²) in [6.45, 7) is 1.13. The van der Waals surface area contributed by atoms with Crippen molar-refractivity contribution in [2.75, 3.05) is 20.1 Å². The minimum atomic E-state index is -1.90. The molecule has 1 rings (SSSR count). The maximum absolute atomic E-state index is 13.8. The summed E-state index contributed by atoms with van der Waals surface area (Å²) in [5.74, 6) is -1.93. The molecule has 2 amide bonds. The number of likely N-dealkylation sites (N-methyl/N-ethyl adjacent to an activating group) is 1. The van der Waals surface area contributed by atoms with E-state index in [9.17, 15) is 18.8 Å². The van der Waals surface area contributed by atoms with E-state index >= 15 is 0 Å². The highest BCUT2D eigenvalue weighted by molar-refractivity contribution is 6.58. The number of carbonyl (C=O) groups is 3. The number of amides is 2. The number of rotatable bonds is 25. The van der Waals surface area contributed by atoms with Crippen LogP contribution in [0.2, 0.25) is 0 Å². The molecule has 1 atom stereocenters. The van der Waals surface area contributed by atoms with Crippen molar-refractivity contribution in [2.45, 2.75) is 115 Å². The molecule has 0 radical (unpaired) electrons. The third-order valence-electron chi connectivity index (χ3n) is 7.30. The van der Waals surface area contributed by atoms with Gasteiger partial charge in [-0.1, -0.05) is 76.7 Å². The minimum absolute atomic E-state index is 0.0854. The number of carboxylic acid groups (broad SMARTS) is 1. The second-order valence-corrected chi connectivity index (χ2v) is 10.7. The van der Waals surface area contributed by atoms with Crippen molar-refractivity contribution in [1.82, 2.24) is 16.0 Å². The molecule has 0 heterocycles. The first kappa shape index (κ1) is 36.5. The van der Waals surface area contributed by atoms with Crippen LogP contribution < -0.4 is 21.4 Å². The zero-order valence-electron chi connectivity index (χ0n) is 24.8. The molecule has 0 saturated carbocycles. The molecule has 0 aliphatic carbocycles. The summed E-state index contributed by atoms with van der Waals surface area (Å²) in [4.78, 5) is 34.9. The average molecular weight is 580 g/mol. The number of hydrogen-bond acceptors (Lipinski definition) is 6. The van der Waals surface area contributed by atoms with E-state index in [4.69, 9.17) is 15.2 Å². The van der Waals surface area contributed by atoms with Gasteiger partial charge in [0.05, 0.1) is 0 Å². The van der Waals surface area contributed by atoms with Crippen molar-refractivity contribution in [2.24, 2.45) is 0 Å². The number of aliphatic carboxylic acids is 1. The quantitative estimate of drug-likeness (QED) is 0.0765. The molecule has 0 bridgehead atoms. The number of benzene rings is 1. The van der Waals surface area contributed by atoms with Crippen molar-refractivity contribution in [1.29, 1.82) is 0 Å². The Morgan fingerprint density at radius 2 is 1.29 bits per heavy atom. The van der Waals surface area contributed by atoms with E-state index in [-0.39, 0.29) is 22.8 Å². The number of carbonyl (C=O) groups excluding carboxylic acids is 2. The van der Waals surface area contributed by atoms with E-state index < -0.39 is 24.9 Å². The number of hydrogen-bond donors (Lipinski definition) is 6. The van der Waals surface area contributed by atoms with Crippen LogP contribution >= 0.6 is 0 Å². The highest BCUT2D eigenvalue weighted by atomic mass is 19.1. The molecule has 6 N–H and O–H groups in total. The van der Waals surface area contributed by atoms with E-state index in [1.807, 2.05) is 0 Å². The molecule has 0 spiro atoms. The molecule has 1 aromatic rings. The Kier molecular flexibility index (Phi) is 20.6. The van der Waals surface area contributed by atoms with Gasteiger partial charge in [0.15, 0.2) is 0 Å². The predicted octanol–water partition coefficient (Wildman–Crippen LogP) is 3.66. The zero-order valence-corrected chi connectivity index (χ0v) is 24.8. The van der Waals surface area contributed by atoms with Gasteiger partial charge in [0, 0.05) is 30.5 Å². The lowest BCUT2D eigenvalue weighted by molar-refractivity contribution is -0.139. The van der Waals surface area contributed by atoms with E-state index in [1.165, 1.54) is 57.1 Å². The largest absolute Gasteiger partial charge is 0.491 e. The van der Waals surface area contributed by atoms with Crippen molar-refractivity contribution in [3.8, 4) is 0 Å². The molecule has 0 aliphatic heterocycles. The van der Waals surface area contributed by atoms with Crippen LogP contribution in [0.15, 0.2) is 18.2 Å². The average Bonchev–Trinajstić information content (AvgIpc) is 2.94. The molecule has 0 saturated heterocycles. The van der Waals surface area contributed by atoms with Crippen LogP contribution in [-0.4, -0.2) is 66.2 Å². The Bertz CT molecular complexity index is 890. The van der Waals surface area contributed by atoms with Crippen molar-refractivity contribution < 1.29 is 33.9 Å². The molecule has 232 valence electrons. The summed E-state index contributed by atoms with van der Waals surface area (Å²) < 4.78 is 13.8. The van der Waals surface area contributed by atoms with Gasteiger partial charge in [-0.15, -0.1) is 0 Å². The standard InChI is InChI=1S/C30H51BFN3O6/c1-33-27(30(38)39)17-14-16-21-34-28(36)18-13-11-9-7-5-3-2-4-6-8-10-12-15-22-35-29(37)24-19-20-25(31(40)41)26(32)23-24/h19-20,23,27,33,40-41H,2-18,21-22H2,1H3,(H,34,36)(H,35,37)(H,38,39)/t27-/m0/s1. The number of nitrogens with one attached hydrogen (secondary N) is 3. The summed E-state index contributed by atoms with van der Waals surface area (Å²) >= 11 is 0. The van der Waals surface area contributed by atoms with E-state index in [2.05, 4.69) is 16.0 Å². The van der Waals surface area contributed by atoms with Gasteiger partial charge in [0.2, 0.25) is 5.91 Å². The highest BCUT2D eigenvalue weighted by Gasteiger charge is 2.18. The van der Waals surface area contributed by atoms with Crippen LogP contribution in [0.5, 0.6) is 0 Å². The van der Waals surface area contributed by atoms with Gasteiger partial charge in [0.1, 0.15) is 11.9 Å². The maximum Gasteiger partial charge on any atom is 0.491 e. The fourth-order valence-electron chi connectivity index (χ4n) is 4.72.